The van der Waals surface area contributed by atoms with Crippen molar-refractivity contribution >= 4 is 35.1 Å². The molecule has 23 heavy (non-hydrogen) atoms. The highest BCUT2D eigenvalue weighted by atomic mass is 32.2. The number of halogens is 2. The van der Waals surface area contributed by atoms with Gasteiger partial charge < -0.3 is 9.84 Å². The van der Waals surface area contributed by atoms with E-state index in [1.807, 2.05) is 13.8 Å². The molecule has 0 spiro atoms. The summed E-state index contributed by atoms with van der Waals surface area (Å²) in [6, 6.07) is 6.53. The van der Waals surface area contributed by atoms with E-state index in [2.05, 4.69) is 10.5 Å². The third-order valence-electron chi connectivity index (χ3n) is 3.04. The third-order valence-corrected chi connectivity index (χ3v) is 4.79. The Bertz CT molecular complexity index is 658. The number of aryl methyl sites for hydroxylation is 2. The summed E-state index contributed by atoms with van der Waals surface area (Å²) in [5, 5.41) is 6.53. The van der Waals surface area contributed by atoms with E-state index in [9.17, 15) is 13.6 Å². The average Bonchev–Trinajstić information content (AvgIpc) is 2.80. The Hall–Kier alpha value is -1.54. The van der Waals surface area contributed by atoms with Gasteiger partial charge in [-0.1, -0.05) is 29.1 Å². The molecule has 0 unspecified atom stereocenters. The van der Waals surface area contributed by atoms with Crippen LogP contribution in [0.1, 0.15) is 17.0 Å². The van der Waals surface area contributed by atoms with Crippen molar-refractivity contribution in [2.75, 3.05) is 11.1 Å². The van der Waals surface area contributed by atoms with Gasteiger partial charge in [-0.05, 0) is 26.0 Å². The number of hydrogen-bond acceptors (Lipinski definition) is 5. The van der Waals surface area contributed by atoms with Crippen LogP contribution in [0, 0.1) is 13.8 Å². The second kappa shape index (κ2) is 8.35. The molecule has 1 aromatic carbocycles. The molecule has 124 valence electrons. The first-order chi connectivity index (χ1) is 11.0. The number of carbonyl (C=O) groups excluding carboxylic acids is 1. The van der Waals surface area contributed by atoms with Gasteiger partial charge >= 0.3 is 0 Å². The minimum atomic E-state index is -2.53. The number of rotatable bonds is 7. The highest BCUT2D eigenvalue weighted by molar-refractivity contribution is 7.99. The quantitative estimate of drug-likeness (QED) is 0.740. The zero-order valence-corrected chi connectivity index (χ0v) is 14.3. The molecule has 2 rings (SSSR count). The number of aromatic nitrogens is 1. The molecule has 1 heterocycles. The van der Waals surface area contributed by atoms with Gasteiger partial charge in [-0.3, -0.25) is 4.79 Å². The van der Waals surface area contributed by atoms with Crippen LogP contribution in [-0.4, -0.2) is 22.6 Å². The predicted octanol–water partition coefficient (Wildman–Crippen LogP) is 4.48. The number of thioether (sulfide) groups is 2. The average molecular weight is 358 g/mol. The zero-order valence-electron chi connectivity index (χ0n) is 12.6. The van der Waals surface area contributed by atoms with Gasteiger partial charge in [-0.15, -0.1) is 11.8 Å². The lowest BCUT2D eigenvalue weighted by molar-refractivity contribution is -0.113. The molecular formula is C15H16F2N2O2S2. The number of para-hydroxylation sites is 1. The number of amides is 1. The van der Waals surface area contributed by atoms with E-state index < -0.39 is 5.76 Å². The van der Waals surface area contributed by atoms with Crippen LogP contribution in [0.4, 0.5) is 14.5 Å². The van der Waals surface area contributed by atoms with Crippen molar-refractivity contribution < 1.29 is 18.1 Å². The molecule has 0 aliphatic rings. The van der Waals surface area contributed by atoms with Crippen LogP contribution in [0.5, 0.6) is 0 Å². The standard InChI is InChI=1S/C15H16F2N2O2S2/c1-9-11(10(2)21-19-9)7-22-8-14(20)18-12-5-3-4-6-13(12)23-15(16)17/h3-6,15H,7-8H2,1-2H3,(H,18,20). The fourth-order valence-electron chi connectivity index (χ4n) is 1.91. The molecular weight excluding hydrogens is 342 g/mol. The summed E-state index contributed by atoms with van der Waals surface area (Å²) in [5.41, 5.74) is 2.20. The molecule has 0 saturated carbocycles. The normalized spacial score (nSPS) is 11.0. The Morgan fingerprint density at radius 1 is 1.35 bits per heavy atom. The van der Waals surface area contributed by atoms with Crippen molar-refractivity contribution in [3.8, 4) is 0 Å². The number of anilines is 1. The van der Waals surface area contributed by atoms with Crippen LogP contribution in [0.15, 0.2) is 33.7 Å². The monoisotopic (exact) mass is 358 g/mol. The first-order valence-electron chi connectivity index (χ1n) is 6.80. The molecule has 0 aliphatic carbocycles. The molecule has 0 radical (unpaired) electrons. The van der Waals surface area contributed by atoms with E-state index in [-0.39, 0.29) is 11.7 Å². The van der Waals surface area contributed by atoms with Gasteiger partial charge in [-0.2, -0.15) is 8.78 Å². The summed E-state index contributed by atoms with van der Waals surface area (Å²) in [6.07, 6.45) is 0. The van der Waals surface area contributed by atoms with Crippen molar-refractivity contribution in [2.24, 2.45) is 0 Å². The molecule has 1 N–H and O–H groups in total. The molecule has 2 aromatic rings. The minimum Gasteiger partial charge on any atom is -0.361 e. The number of alkyl halides is 2. The zero-order chi connectivity index (χ0) is 16.8. The topological polar surface area (TPSA) is 55.1 Å². The molecule has 0 bridgehead atoms. The van der Waals surface area contributed by atoms with Crippen LogP contribution >= 0.6 is 23.5 Å². The Morgan fingerprint density at radius 3 is 2.74 bits per heavy atom. The summed E-state index contributed by atoms with van der Waals surface area (Å²) in [4.78, 5) is 12.3. The summed E-state index contributed by atoms with van der Waals surface area (Å²) in [5.74, 6) is -1.18. The van der Waals surface area contributed by atoms with Crippen molar-refractivity contribution in [3.05, 3.63) is 41.3 Å². The number of nitrogens with one attached hydrogen (secondary N) is 1. The largest absolute Gasteiger partial charge is 0.361 e. The molecule has 8 heteroatoms. The van der Waals surface area contributed by atoms with E-state index in [0.29, 0.717) is 28.1 Å². The maximum absolute atomic E-state index is 12.5. The van der Waals surface area contributed by atoms with E-state index in [0.717, 1.165) is 17.0 Å². The molecule has 4 nitrogen and oxygen atoms in total. The van der Waals surface area contributed by atoms with Crippen molar-refractivity contribution in [1.29, 1.82) is 0 Å². The van der Waals surface area contributed by atoms with Crippen LogP contribution in [0.25, 0.3) is 0 Å². The van der Waals surface area contributed by atoms with Gasteiger partial charge in [-0.25, -0.2) is 0 Å². The Balaban J connectivity index is 1.88. The van der Waals surface area contributed by atoms with E-state index in [1.54, 1.807) is 24.3 Å². The summed E-state index contributed by atoms with van der Waals surface area (Å²) in [7, 11) is 0. The Labute approximate surface area is 141 Å². The second-order valence-electron chi connectivity index (χ2n) is 4.72. The van der Waals surface area contributed by atoms with Gasteiger partial charge in [0.1, 0.15) is 5.76 Å². The predicted molar refractivity (Wildman–Crippen MR) is 89.1 cm³/mol. The molecule has 1 aromatic heterocycles. The van der Waals surface area contributed by atoms with Gasteiger partial charge in [0, 0.05) is 16.2 Å². The van der Waals surface area contributed by atoms with Crippen LogP contribution in [0.3, 0.4) is 0 Å². The minimum absolute atomic E-state index is 0.220. The van der Waals surface area contributed by atoms with Crippen molar-refractivity contribution in [3.63, 3.8) is 0 Å². The van der Waals surface area contributed by atoms with Gasteiger partial charge in [0.25, 0.3) is 5.76 Å². The number of nitrogens with zero attached hydrogens (tertiary/aromatic N) is 1. The maximum atomic E-state index is 12.5. The highest BCUT2D eigenvalue weighted by Gasteiger charge is 2.13. The van der Waals surface area contributed by atoms with E-state index in [1.165, 1.54) is 11.8 Å². The Morgan fingerprint density at radius 2 is 2.09 bits per heavy atom. The third kappa shape index (κ3) is 5.24. The summed E-state index contributed by atoms with van der Waals surface area (Å²) >= 11 is 1.84. The van der Waals surface area contributed by atoms with Crippen LogP contribution < -0.4 is 5.32 Å². The second-order valence-corrected chi connectivity index (χ2v) is 6.74. The molecule has 0 atom stereocenters. The Kier molecular flexibility index (Phi) is 6.47. The number of hydrogen-bond donors (Lipinski definition) is 1. The maximum Gasteiger partial charge on any atom is 0.288 e. The highest BCUT2D eigenvalue weighted by Crippen LogP contribution is 2.31. The fraction of sp³-hybridized carbons (Fsp3) is 0.333. The fourth-order valence-corrected chi connectivity index (χ4v) is 3.48. The van der Waals surface area contributed by atoms with E-state index in [4.69, 9.17) is 4.52 Å². The molecule has 0 saturated heterocycles. The first kappa shape index (κ1) is 17.8. The molecule has 1 amide bonds. The van der Waals surface area contributed by atoms with Crippen LogP contribution in [-0.2, 0) is 10.5 Å². The lowest BCUT2D eigenvalue weighted by Gasteiger charge is -2.10. The summed E-state index contributed by atoms with van der Waals surface area (Å²) in [6.45, 7) is 3.68. The lowest BCUT2D eigenvalue weighted by atomic mass is 10.2. The molecule has 0 fully saturated rings. The number of carbonyl (C=O) groups is 1. The van der Waals surface area contributed by atoms with Crippen molar-refractivity contribution in [1.82, 2.24) is 5.16 Å². The van der Waals surface area contributed by atoms with Crippen LogP contribution in [0.2, 0.25) is 0 Å². The lowest BCUT2D eigenvalue weighted by Crippen LogP contribution is -2.15. The number of benzene rings is 1. The van der Waals surface area contributed by atoms with Crippen molar-refractivity contribution in [2.45, 2.75) is 30.3 Å². The smallest absolute Gasteiger partial charge is 0.288 e. The van der Waals surface area contributed by atoms with Gasteiger partial charge in [0.05, 0.1) is 17.1 Å². The summed E-state index contributed by atoms with van der Waals surface area (Å²) < 4.78 is 30.1. The van der Waals surface area contributed by atoms with Gasteiger partial charge in [0.2, 0.25) is 5.91 Å². The van der Waals surface area contributed by atoms with Gasteiger partial charge in [0.15, 0.2) is 0 Å². The first-order valence-corrected chi connectivity index (χ1v) is 8.84. The molecule has 0 aliphatic heterocycles. The van der Waals surface area contributed by atoms with E-state index >= 15 is 0 Å². The SMILES string of the molecule is Cc1noc(C)c1CSCC(=O)Nc1ccccc1SC(F)F.